The Morgan fingerprint density at radius 3 is 2.72 bits per heavy atom. The average molecular weight is 497 g/mol. The van der Waals surface area contributed by atoms with E-state index in [9.17, 15) is 0 Å². The lowest BCUT2D eigenvalue weighted by Crippen LogP contribution is -2.40. The lowest BCUT2D eigenvalue weighted by atomic mass is 10.1. The van der Waals surface area contributed by atoms with Gasteiger partial charge in [0.1, 0.15) is 0 Å². The summed E-state index contributed by atoms with van der Waals surface area (Å²) in [5, 5.41) is 8.11. The van der Waals surface area contributed by atoms with E-state index in [1.165, 1.54) is 32.4 Å². The van der Waals surface area contributed by atoms with Crippen LogP contribution < -0.4 is 10.6 Å². The van der Waals surface area contributed by atoms with Gasteiger partial charge in [0.2, 0.25) is 0 Å². The van der Waals surface area contributed by atoms with E-state index in [4.69, 9.17) is 23.2 Å². The lowest BCUT2D eigenvalue weighted by molar-refractivity contribution is 0.314. The quantitative estimate of drug-likeness (QED) is 0.353. The topological polar surface area (TPSA) is 39.7 Å². The molecule has 7 heteroatoms. The summed E-state index contributed by atoms with van der Waals surface area (Å²) in [5.41, 5.74) is 0.985. The Labute approximate surface area is 177 Å². The third-order valence-electron chi connectivity index (χ3n) is 4.71. The van der Waals surface area contributed by atoms with Gasteiger partial charge in [-0.05, 0) is 56.3 Å². The predicted octanol–water partition coefficient (Wildman–Crippen LogP) is 4.15. The van der Waals surface area contributed by atoms with Gasteiger partial charge in [-0.25, -0.2) is 4.99 Å². The van der Waals surface area contributed by atoms with Gasteiger partial charge in [0.25, 0.3) is 0 Å². The molecule has 140 valence electrons. The zero-order valence-electron chi connectivity index (χ0n) is 14.6. The molecule has 2 N–H and O–H groups in total. The van der Waals surface area contributed by atoms with Crippen LogP contribution in [-0.4, -0.2) is 43.1 Å². The fourth-order valence-electron chi connectivity index (χ4n) is 3.20. The first kappa shape index (κ1) is 21.1. The van der Waals surface area contributed by atoms with E-state index in [1.807, 2.05) is 12.1 Å². The molecule has 0 amide bonds. The van der Waals surface area contributed by atoms with Crippen molar-refractivity contribution in [3.63, 3.8) is 0 Å². The third-order valence-corrected chi connectivity index (χ3v) is 5.29. The Balaban J connectivity index is 0.00000225. The molecule has 1 unspecified atom stereocenters. The van der Waals surface area contributed by atoms with E-state index in [0.717, 1.165) is 30.7 Å². The molecule has 0 bridgehead atoms. The minimum Gasteiger partial charge on any atom is -0.357 e. The summed E-state index contributed by atoms with van der Waals surface area (Å²) in [6, 6.07) is 6.43. The van der Waals surface area contributed by atoms with Crippen LogP contribution in [0.3, 0.4) is 0 Å². The van der Waals surface area contributed by atoms with Gasteiger partial charge in [-0.3, -0.25) is 0 Å². The number of likely N-dealkylation sites (tertiary alicyclic amines) is 1. The molecular weight excluding hydrogens is 470 g/mol. The number of aliphatic imine (C=N–C) groups is 1. The van der Waals surface area contributed by atoms with Crippen molar-refractivity contribution < 1.29 is 0 Å². The maximum absolute atomic E-state index is 6.22. The molecule has 2 aliphatic rings. The summed E-state index contributed by atoms with van der Waals surface area (Å²) >= 11 is 12.2. The zero-order valence-corrected chi connectivity index (χ0v) is 18.4. The summed E-state index contributed by atoms with van der Waals surface area (Å²) in [6.45, 7) is 6.93. The first-order valence-electron chi connectivity index (χ1n) is 8.86. The summed E-state index contributed by atoms with van der Waals surface area (Å²) < 4.78 is 0. The highest BCUT2D eigenvalue weighted by Gasteiger charge is 2.34. The summed E-state index contributed by atoms with van der Waals surface area (Å²) in [5.74, 6) is 1.57. The second-order valence-electron chi connectivity index (χ2n) is 6.69. The van der Waals surface area contributed by atoms with Crippen molar-refractivity contribution in [1.29, 1.82) is 0 Å². The number of nitrogens with one attached hydrogen (secondary N) is 2. The van der Waals surface area contributed by atoms with Crippen LogP contribution in [0, 0.1) is 5.92 Å². The van der Waals surface area contributed by atoms with Crippen molar-refractivity contribution in [2.75, 3.05) is 26.2 Å². The van der Waals surface area contributed by atoms with Crippen LogP contribution in [0.5, 0.6) is 0 Å². The Kier molecular flexibility index (Phi) is 8.58. The summed E-state index contributed by atoms with van der Waals surface area (Å²) in [4.78, 5) is 7.30. The molecule has 3 rings (SSSR count). The van der Waals surface area contributed by atoms with Crippen molar-refractivity contribution in [3.05, 3.63) is 33.8 Å². The fourth-order valence-corrected chi connectivity index (χ4v) is 3.67. The Hall–Kier alpha value is -0.240. The highest BCUT2D eigenvalue weighted by molar-refractivity contribution is 14.0. The van der Waals surface area contributed by atoms with E-state index < -0.39 is 0 Å². The number of halogens is 3. The van der Waals surface area contributed by atoms with Crippen molar-refractivity contribution in [1.82, 2.24) is 15.5 Å². The van der Waals surface area contributed by atoms with E-state index in [2.05, 4.69) is 27.4 Å². The van der Waals surface area contributed by atoms with Crippen LogP contribution in [0.1, 0.15) is 31.7 Å². The molecule has 1 heterocycles. The molecule has 0 spiro atoms. The maximum atomic E-state index is 6.22. The monoisotopic (exact) mass is 496 g/mol. The molecule has 4 nitrogen and oxygen atoms in total. The van der Waals surface area contributed by atoms with Crippen LogP contribution in [0.15, 0.2) is 23.2 Å². The molecule has 25 heavy (non-hydrogen) atoms. The van der Waals surface area contributed by atoms with Crippen LogP contribution in [0.4, 0.5) is 0 Å². The number of guanidine groups is 1. The van der Waals surface area contributed by atoms with Crippen molar-refractivity contribution in [3.8, 4) is 0 Å². The SMILES string of the molecule is CCNC(=NCc1ccc(Cl)cc1Cl)NCC1CCN(C2CC2)C1.I. The largest absolute Gasteiger partial charge is 0.357 e. The lowest BCUT2D eigenvalue weighted by Gasteiger charge is -2.17. The summed E-state index contributed by atoms with van der Waals surface area (Å²) in [7, 11) is 0. The molecule has 1 aliphatic heterocycles. The van der Waals surface area contributed by atoms with Crippen LogP contribution in [0.25, 0.3) is 0 Å². The van der Waals surface area contributed by atoms with E-state index in [0.29, 0.717) is 22.5 Å². The Bertz CT molecular complexity index is 592. The fraction of sp³-hybridized carbons (Fsp3) is 0.611. The predicted molar refractivity (Wildman–Crippen MR) is 117 cm³/mol. The first-order chi connectivity index (χ1) is 11.7. The van der Waals surface area contributed by atoms with Crippen molar-refractivity contribution in [2.45, 2.75) is 38.8 Å². The normalized spacial score (nSPS) is 21.1. The molecule has 0 aromatic heterocycles. The van der Waals surface area contributed by atoms with Gasteiger partial charge >= 0.3 is 0 Å². The Morgan fingerprint density at radius 2 is 2.04 bits per heavy atom. The first-order valence-corrected chi connectivity index (χ1v) is 9.61. The van der Waals surface area contributed by atoms with Crippen molar-refractivity contribution in [2.24, 2.45) is 10.9 Å². The molecule has 1 saturated heterocycles. The van der Waals surface area contributed by atoms with Gasteiger partial charge < -0.3 is 15.5 Å². The second kappa shape index (κ2) is 10.2. The van der Waals surface area contributed by atoms with E-state index in [1.54, 1.807) is 6.07 Å². The molecule has 1 aliphatic carbocycles. The average Bonchev–Trinajstić information content (AvgIpc) is 3.30. The number of hydrogen-bond acceptors (Lipinski definition) is 2. The number of nitrogens with zero attached hydrogens (tertiary/aromatic N) is 2. The second-order valence-corrected chi connectivity index (χ2v) is 7.54. The molecule has 0 radical (unpaired) electrons. The number of rotatable bonds is 6. The molecule has 1 saturated carbocycles. The van der Waals surface area contributed by atoms with Gasteiger partial charge in [-0.2, -0.15) is 0 Å². The highest BCUT2D eigenvalue weighted by atomic mass is 127. The van der Waals surface area contributed by atoms with Crippen molar-refractivity contribution >= 4 is 53.1 Å². The summed E-state index contributed by atoms with van der Waals surface area (Å²) in [6.07, 6.45) is 4.07. The minimum atomic E-state index is 0. The third kappa shape index (κ3) is 6.45. The maximum Gasteiger partial charge on any atom is 0.191 e. The molecular formula is C18H27Cl2IN4. The smallest absolute Gasteiger partial charge is 0.191 e. The van der Waals surface area contributed by atoms with E-state index in [-0.39, 0.29) is 24.0 Å². The van der Waals surface area contributed by atoms with Gasteiger partial charge in [0, 0.05) is 35.7 Å². The van der Waals surface area contributed by atoms with Gasteiger partial charge in [-0.1, -0.05) is 29.3 Å². The number of hydrogen-bond donors (Lipinski definition) is 2. The highest BCUT2D eigenvalue weighted by Crippen LogP contribution is 2.31. The van der Waals surface area contributed by atoms with Gasteiger partial charge in [-0.15, -0.1) is 24.0 Å². The Morgan fingerprint density at radius 1 is 1.24 bits per heavy atom. The van der Waals surface area contributed by atoms with Gasteiger partial charge in [0.15, 0.2) is 5.96 Å². The van der Waals surface area contributed by atoms with Crippen LogP contribution in [-0.2, 0) is 6.54 Å². The zero-order chi connectivity index (χ0) is 16.9. The number of benzene rings is 1. The molecule has 1 atom stereocenters. The molecule has 2 fully saturated rings. The van der Waals surface area contributed by atoms with Gasteiger partial charge in [0.05, 0.1) is 6.54 Å². The molecule has 1 aromatic carbocycles. The molecule has 1 aromatic rings. The van der Waals surface area contributed by atoms with Crippen LogP contribution in [0.2, 0.25) is 10.0 Å². The van der Waals surface area contributed by atoms with Crippen LogP contribution >= 0.6 is 47.2 Å². The van der Waals surface area contributed by atoms with E-state index >= 15 is 0 Å². The standard InChI is InChI=1S/C18H26Cl2N4.HI/c1-2-21-18(23-11-14-3-4-15(19)9-17(14)20)22-10-13-7-8-24(12-13)16-5-6-16;/h3-4,9,13,16H,2,5-8,10-12H2,1H3,(H2,21,22,23);1H. The minimum absolute atomic E-state index is 0.